The molecule has 38 heavy (non-hydrogen) atoms. The van der Waals surface area contributed by atoms with E-state index in [1.807, 2.05) is 6.20 Å². The average Bonchev–Trinajstić information content (AvgIpc) is 3.57. The molecule has 2 fully saturated rings. The van der Waals surface area contributed by atoms with Gasteiger partial charge in [-0.05, 0) is 68.2 Å². The minimum absolute atomic E-state index is 0.0676. The fourth-order valence-electron chi connectivity index (χ4n) is 6.27. The van der Waals surface area contributed by atoms with Crippen molar-refractivity contribution in [2.24, 2.45) is 12.5 Å². The van der Waals surface area contributed by atoms with Crippen LogP contribution in [0.15, 0.2) is 53.2 Å². The van der Waals surface area contributed by atoms with Gasteiger partial charge in [-0.2, -0.15) is 13.2 Å². The van der Waals surface area contributed by atoms with Gasteiger partial charge in [-0.15, -0.1) is 0 Å². The van der Waals surface area contributed by atoms with Crippen molar-refractivity contribution < 1.29 is 17.7 Å². The summed E-state index contributed by atoms with van der Waals surface area (Å²) in [4.78, 5) is 7.09. The van der Waals surface area contributed by atoms with E-state index < -0.39 is 11.7 Å². The Morgan fingerprint density at radius 2 is 1.82 bits per heavy atom. The predicted molar refractivity (Wildman–Crippen MR) is 141 cm³/mol. The summed E-state index contributed by atoms with van der Waals surface area (Å²) in [5.41, 5.74) is 4.04. The number of aromatic nitrogens is 3. The van der Waals surface area contributed by atoms with Gasteiger partial charge < -0.3 is 14.0 Å². The Morgan fingerprint density at radius 1 is 1.08 bits per heavy atom. The topological polar surface area (TPSA) is 47.1 Å². The number of hydrogen-bond donors (Lipinski definition) is 0. The summed E-state index contributed by atoms with van der Waals surface area (Å²) in [5.74, 6) is 2.01. The summed E-state index contributed by atoms with van der Waals surface area (Å²) < 4.78 is 49.3. The number of fused-ring (bicyclic) bond motifs is 1. The van der Waals surface area contributed by atoms with E-state index in [1.165, 1.54) is 23.2 Å². The number of allylic oxidation sites excluding steroid dienone is 2. The highest BCUT2D eigenvalue weighted by Gasteiger charge is 2.45. The zero-order chi connectivity index (χ0) is 26.2. The molecule has 7 rings (SSSR count). The lowest BCUT2D eigenvalue weighted by atomic mass is 9.63. The Bertz CT molecular complexity index is 1580. The molecule has 1 aromatic carbocycles. The molecule has 8 heteroatoms. The van der Waals surface area contributed by atoms with E-state index in [4.69, 9.17) is 9.51 Å². The molecule has 4 heterocycles. The molecule has 0 amide bonds. The van der Waals surface area contributed by atoms with Gasteiger partial charge >= 0.3 is 6.18 Å². The second-order valence-electron chi connectivity index (χ2n) is 11.2. The summed E-state index contributed by atoms with van der Waals surface area (Å²) in [6.45, 7) is 3.90. The number of anilines is 1. The lowest BCUT2D eigenvalue weighted by Crippen LogP contribution is -2.42. The maximum Gasteiger partial charge on any atom is 0.417 e. The van der Waals surface area contributed by atoms with E-state index in [9.17, 15) is 13.2 Å². The van der Waals surface area contributed by atoms with E-state index in [-0.39, 0.29) is 16.9 Å². The van der Waals surface area contributed by atoms with Gasteiger partial charge in [0.25, 0.3) is 0 Å². The molecule has 1 aliphatic heterocycles. The fraction of sp³-hybridized carbons (Fsp3) is 0.400. The zero-order valence-corrected chi connectivity index (χ0v) is 21.5. The number of alkyl halides is 3. The van der Waals surface area contributed by atoms with E-state index >= 15 is 0 Å². The molecule has 3 aromatic heterocycles. The Hall–Kier alpha value is -3.55. The molecule has 0 atom stereocenters. The quantitative estimate of drug-likeness (QED) is 0.281. The predicted octanol–water partition coefficient (Wildman–Crippen LogP) is 7.51. The Balaban J connectivity index is 1.16. The van der Waals surface area contributed by atoms with Crippen molar-refractivity contribution in [2.75, 3.05) is 18.0 Å². The third-order valence-corrected chi connectivity index (χ3v) is 8.74. The van der Waals surface area contributed by atoms with Crippen LogP contribution in [-0.2, 0) is 13.2 Å². The second-order valence-corrected chi connectivity index (χ2v) is 11.2. The van der Waals surface area contributed by atoms with Gasteiger partial charge in [-0.3, -0.25) is 0 Å². The molecule has 0 unspecified atom stereocenters. The van der Waals surface area contributed by atoms with Crippen LogP contribution in [0.2, 0.25) is 0 Å². The third kappa shape index (κ3) is 3.76. The van der Waals surface area contributed by atoms with Crippen molar-refractivity contribution in [1.82, 2.24) is 14.7 Å². The highest BCUT2D eigenvalue weighted by atomic mass is 19.4. The molecule has 196 valence electrons. The number of piperidine rings is 1. The lowest BCUT2D eigenvalue weighted by molar-refractivity contribution is -0.137. The molecule has 5 nitrogen and oxygen atoms in total. The minimum atomic E-state index is -4.45. The molecule has 4 aromatic rings. The maximum atomic E-state index is 13.8. The standard InChI is InChI=1S/C30H29F3N4O/c1-18-13-20-14-25(34-17-24(20)36(18)2)37-11-9-29(10-12-37)15-21(16-29)26-27(35-38-28(26)19-7-8-19)22-5-3-4-6-23(22)30(31,32)33/h3-6,13-15,17,19H,7-12,16H2,1-2H3. The summed E-state index contributed by atoms with van der Waals surface area (Å²) in [5, 5.41) is 5.41. The van der Waals surface area contributed by atoms with E-state index in [2.05, 4.69) is 46.8 Å². The molecule has 0 bridgehead atoms. The molecule has 0 radical (unpaired) electrons. The minimum Gasteiger partial charge on any atom is -0.360 e. The van der Waals surface area contributed by atoms with Crippen molar-refractivity contribution >= 4 is 22.3 Å². The fourth-order valence-corrected chi connectivity index (χ4v) is 6.27. The second kappa shape index (κ2) is 8.22. The smallest absolute Gasteiger partial charge is 0.360 e. The van der Waals surface area contributed by atoms with Crippen LogP contribution in [0.1, 0.15) is 60.6 Å². The van der Waals surface area contributed by atoms with Crippen molar-refractivity contribution in [2.45, 2.75) is 51.1 Å². The third-order valence-electron chi connectivity index (χ3n) is 8.74. The van der Waals surface area contributed by atoms with Crippen LogP contribution in [0.4, 0.5) is 19.0 Å². The van der Waals surface area contributed by atoms with E-state index in [0.29, 0.717) is 5.69 Å². The van der Waals surface area contributed by atoms with Crippen LogP contribution in [0.3, 0.4) is 0 Å². The molecular formula is C30H29F3N4O. The largest absolute Gasteiger partial charge is 0.417 e. The molecule has 1 spiro atoms. The van der Waals surface area contributed by atoms with Gasteiger partial charge in [-0.1, -0.05) is 29.4 Å². The maximum absolute atomic E-state index is 13.8. The van der Waals surface area contributed by atoms with E-state index in [1.54, 1.807) is 6.07 Å². The molecule has 0 N–H and O–H groups in total. The van der Waals surface area contributed by atoms with Crippen LogP contribution < -0.4 is 4.90 Å². The summed E-state index contributed by atoms with van der Waals surface area (Å²) in [6, 6.07) is 10.0. The van der Waals surface area contributed by atoms with Gasteiger partial charge in [0.1, 0.15) is 17.3 Å². The Labute approximate surface area is 218 Å². The van der Waals surface area contributed by atoms with Crippen LogP contribution in [0.25, 0.3) is 27.7 Å². The van der Waals surface area contributed by atoms with Crippen molar-refractivity contribution in [3.63, 3.8) is 0 Å². The number of benzene rings is 1. The van der Waals surface area contributed by atoms with E-state index in [0.717, 1.165) is 79.5 Å². The van der Waals surface area contributed by atoms with Crippen LogP contribution in [0, 0.1) is 12.3 Å². The molecule has 1 saturated heterocycles. The number of aryl methyl sites for hydroxylation is 2. The summed E-state index contributed by atoms with van der Waals surface area (Å²) >= 11 is 0. The van der Waals surface area contributed by atoms with Gasteiger partial charge in [0, 0.05) is 48.3 Å². The first-order valence-electron chi connectivity index (χ1n) is 13.3. The average molecular weight is 519 g/mol. The number of pyridine rings is 1. The monoisotopic (exact) mass is 518 g/mol. The van der Waals surface area contributed by atoms with Gasteiger partial charge in [0.15, 0.2) is 0 Å². The van der Waals surface area contributed by atoms with Gasteiger partial charge in [0.05, 0.1) is 17.3 Å². The molecule has 1 saturated carbocycles. The van der Waals surface area contributed by atoms with Crippen LogP contribution in [-0.4, -0.2) is 27.8 Å². The number of halogens is 3. The highest BCUT2D eigenvalue weighted by molar-refractivity contribution is 5.85. The number of hydrogen-bond acceptors (Lipinski definition) is 4. The lowest BCUT2D eigenvalue weighted by Gasteiger charge is -2.46. The number of nitrogens with zero attached hydrogens (tertiary/aromatic N) is 4. The SMILES string of the molecule is Cc1cc2cc(N3CCC4(C=C(c5c(-c6ccccc6C(F)(F)F)noc5C5CC5)C4)CC3)ncc2n1C. The van der Waals surface area contributed by atoms with Crippen LogP contribution >= 0.6 is 0 Å². The molecule has 2 aliphatic carbocycles. The normalized spacial score (nSPS) is 19.2. The first-order chi connectivity index (χ1) is 18.2. The van der Waals surface area contributed by atoms with Crippen molar-refractivity contribution in [1.29, 1.82) is 0 Å². The zero-order valence-electron chi connectivity index (χ0n) is 21.5. The van der Waals surface area contributed by atoms with Gasteiger partial charge in [-0.25, -0.2) is 4.98 Å². The Morgan fingerprint density at radius 3 is 2.53 bits per heavy atom. The first-order valence-corrected chi connectivity index (χ1v) is 13.3. The molecule has 3 aliphatic rings. The number of rotatable bonds is 4. The highest BCUT2D eigenvalue weighted by Crippen LogP contribution is 2.56. The first kappa shape index (κ1) is 23.6. The summed E-state index contributed by atoms with van der Waals surface area (Å²) in [6.07, 6.45) is 4.60. The molecular weight excluding hydrogens is 489 g/mol. The van der Waals surface area contributed by atoms with Crippen molar-refractivity contribution in [3.05, 3.63) is 71.3 Å². The summed E-state index contributed by atoms with van der Waals surface area (Å²) in [7, 11) is 2.06. The Kier molecular flexibility index (Phi) is 5.10. The van der Waals surface area contributed by atoms with Gasteiger partial charge in [0.2, 0.25) is 0 Å². The van der Waals surface area contributed by atoms with Crippen molar-refractivity contribution in [3.8, 4) is 11.3 Å². The van der Waals surface area contributed by atoms with Crippen LogP contribution in [0.5, 0.6) is 0 Å².